The van der Waals surface area contributed by atoms with Gasteiger partial charge in [-0.2, -0.15) is 0 Å². The number of alkyl halides is 1. The van der Waals surface area contributed by atoms with E-state index in [1.54, 1.807) is 0 Å². The molecule has 1 heterocycles. The number of allylic oxidation sites excluding steroid dienone is 1. The zero-order valence-electron chi connectivity index (χ0n) is 48.9. The van der Waals surface area contributed by atoms with Crippen molar-refractivity contribution in [1.29, 1.82) is 0 Å². The zero-order chi connectivity index (χ0) is 65.1. The molecule has 22 N–H and O–H groups in total. The van der Waals surface area contributed by atoms with Gasteiger partial charge >= 0.3 is 17.9 Å². The summed E-state index contributed by atoms with van der Waals surface area (Å²) in [7, 11) is 0. The van der Waals surface area contributed by atoms with Crippen LogP contribution in [-0.4, -0.2) is 218 Å². The third kappa shape index (κ3) is 28.7. The first kappa shape index (κ1) is 77.4. The Hall–Kier alpha value is -6.65. The summed E-state index contributed by atoms with van der Waals surface area (Å²) < 4.78 is 5.26. The number of amides is 9. The molecule has 0 saturated carbocycles. The number of carbonyl (C=O) groups is 12. The minimum absolute atomic E-state index is 0.0842. The van der Waals surface area contributed by atoms with Crippen molar-refractivity contribution in [3.63, 3.8) is 0 Å². The predicted molar refractivity (Wildman–Crippen MR) is 306 cm³/mol. The maximum atomic E-state index is 14.2. The van der Waals surface area contributed by atoms with Crippen LogP contribution in [0.15, 0.2) is 11.8 Å². The lowest BCUT2D eigenvalue weighted by Crippen LogP contribution is -2.62. The first-order valence-corrected chi connectivity index (χ1v) is 29.3. The molecule has 1 saturated heterocycles. The van der Waals surface area contributed by atoms with E-state index in [1.165, 1.54) is 12.8 Å². The number of carboxylic acids is 2. The van der Waals surface area contributed by atoms with Crippen molar-refractivity contribution in [2.24, 2.45) is 17.2 Å². The summed E-state index contributed by atoms with van der Waals surface area (Å²) in [4.78, 5) is 163. The number of ether oxygens (including phenoxy) is 1. The maximum absolute atomic E-state index is 14.2. The predicted octanol–water partition coefficient (Wildman–Crippen LogP) is -5.41. The number of carboxylic acid groups (broad SMARTS) is 2. The van der Waals surface area contributed by atoms with E-state index in [-0.39, 0.29) is 45.2 Å². The van der Waals surface area contributed by atoms with Gasteiger partial charge in [0.25, 0.3) is 5.91 Å². The van der Waals surface area contributed by atoms with Gasteiger partial charge in [-0.3, -0.25) is 47.9 Å². The highest BCUT2D eigenvalue weighted by atomic mass is 35.5. The molecule has 1 rings (SSSR count). The van der Waals surface area contributed by atoms with E-state index in [4.69, 9.17) is 33.5 Å². The van der Waals surface area contributed by atoms with Crippen molar-refractivity contribution < 1.29 is 98.0 Å². The number of aliphatic hydroxyl groups excluding tert-OH is 5. The molecule has 86 heavy (non-hydrogen) atoms. The number of carbonyl (C=O) groups excluding carboxylic acids is 10. The summed E-state index contributed by atoms with van der Waals surface area (Å²) in [6.07, 6.45) is -1.69. The van der Waals surface area contributed by atoms with Crippen molar-refractivity contribution in [2.45, 2.75) is 215 Å². The minimum atomic E-state index is -2.85. The Morgan fingerprint density at radius 3 is 1.60 bits per heavy atom. The summed E-state index contributed by atoms with van der Waals surface area (Å²) >= 11 is 5.85. The average molecular weight is 1250 g/mol. The molecule has 1 aliphatic rings. The molecular formula is C53H91ClN12O20. The van der Waals surface area contributed by atoms with Crippen LogP contribution in [0.25, 0.3) is 0 Å². The number of cyclic esters (lactones) is 1. The van der Waals surface area contributed by atoms with Crippen LogP contribution in [0.1, 0.15) is 136 Å². The molecule has 32 nitrogen and oxygen atoms in total. The van der Waals surface area contributed by atoms with Gasteiger partial charge in [0.15, 0.2) is 12.1 Å². The van der Waals surface area contributed by atoms with E-state index >= 15 is 0 Å². The number of hydrogen-bond acceptors (Lipinski definition) is 21. The number of nitrogens with two attached hydrogens (primary N) is 3. The lowest BCUT2D eigenvalue weighted by Gasteiger charge is -2.28. The molecule has 0 aliphatic carbocycles. The van der Waals surface area contributed by atoms with Gasteiger partial charge < -0.3 is 106 Å². The van der Waals surface area contributed by atoms with E-state index in [1.807, 2.05) is 10.6 Å². The topological polar surface area (TPSA) is 542 Å². The molecule has 13 atom stereocenters. The molecule has 1 fully saturated rings. The van der Waals surface area contributed by atoms with Gasteiger partial charge in [0.2, 0.25) is 47.3 Å². The van der Waals surface area contributed by atoms with E-state index in [0.717, 1.165) is 64.9 Å². The monoisotopic (exact) mass is 1250 g/mol. The van der Waals surface area contributed by atoms with Crippen LogP contribution < -0.4 is 65.1 Å². The lowest BCUT2D eigenvalue weighted by molar-refractivity contribution is -0.155. The Kier molecular flexibility index (Phi) is 38.0. The van der Waals surface area contributed by atoms with E-state index in [0.29, 0.717) is 6.42 Å². The largest absolute Gasteiger partial charge is 0.481 e. The van der Waals surface area contributed by atoms with Crippen molar-refractivity contribution in [1.82, 2.24) is 47.9 Å². The molecule has 9 amide bonds. The number of aliphatic carboxylic acids is 2. The van der Waals surface area contributed by atoms with Gasteiger partial charge in [-0.25, -0.2) is 9.59 Å². The Morgan fingerprint density at radius 1 is 0.605 bits per heavy atom. The van der Waals surface area contributed by atoms with Crippen molar-refractivity contribution >= 4 is 82.7 Å². The van der Waals surface area contributed by atoms with Crippen LogP contribution in [-0.2, 0) is 62.3 Å². The van der Waals surface area contributed by atoms with E-state index in [9.17, 15) is 93.3 Å². The summed E-state index contributed by atoms with van der Waals surface area (Å²) in [5.41, 5.74) is 16.4. The van der Waals surface area contributed by atoms with Crippen LogP contribution in [0, 0.1) is 0 Å². The normalized spacial score (nSPS) is 24.5. The molecule has 0 aromatic heterocycles. The highest BCUT2D eigenvalue weighted by molar-refractivity contribution is 6.18. The summed E-state index contributed by atoms with van der Waals surface area (Å²) in [6.45, 7) is 2.50. The summed E-state index contributed by atoms with van der Waals surface area (Å²) in [6, 6.07) is -16.1. The molecule has 1 aliphatic heterocycles. The van der Waals surface area contributed by atoms with Crippen LogP contribution >= 0.6 is 11.6 Å². The van der Waals surface area contributed by atoms with Gasteiger partial charge in [0.1, 0.15) is 54.6 Å². The molecular weight excluding hydrogens is 1160 g/mol. The van der Waals surface area contributed by atoms with Gasteiger partial charge in [0, 0.05) is 0 Å². The molecule has 0 spiro atoms. The standard InChI is InChI=1S/C53H91ClN12O20/c1-4-6-7-8-9-10-11-12-13-14-18-35(68)36(69)25-38(71)58-34-27-86-53(85)41(37(70)26-54)65-51(82)42(43(74)52(83)84)66-44(75)29(5-2)59-50(81)40(28(3)67)64-47(78)32(20-23-57)61-45(76)30(17-15-16-21-55)60-48(79)33(24-39(72)73)63-46(77)31(19-22-56)62-49(34)80/h5,28,30-37,40-43,67-70,74H,4,6-27,55-57H2,1-3H3,(H,58,71)(H,59,81)(H,60,79)(H,61,76)(H,62,80)(H,63,77)(H,64,78)(H,65,82)(H,66,75)(H,72,73)(H,83,84)/b29-5-/t28-,30-,31+,32-,33-,34-,35?,36?,37+,40-,41-,42-,43-/m0/s1. The number of rotatable bonds is 30. The highest BCUT2D eigenvalue weighted by Gasteiger charge is 2.41. The van der Waals surface area contributed by atoms with Crippen molar-refractivity contribution in [3.05, 3.63) is 11.8 Å². The molecule has 0 aromatic rings. The van der Waals surface area contributed by atoms with E-state index in [2.05, 4.69) is 44.1 Å². The molecule has 0 radical (unpaired) electrons. The van der Waals surface area contributed by atoms with Gasteiger partial charge in [-0.1, -0.05) is 77.2 Å². The Morgan fingerprint density at radius 2 is 1.10 bits per heavy atom. The molecule has 0 bridgehead atoms. The summed E-state index contributed by atoms with van der Waals surface area (Å²) in [5, 5.41) is 92.8. The molecule has 2 unspecified atom stereocenters. The fraction of sp³-hybridized carbons (Fsp3) is 0.736. The van der Waals surface area contributed by atoms with E-state index < -0.39 is 194 Å². The second-order valence-corrected chi connectivity index (χ2v) is 21.0. The zero-order valence-corrected chi connectivity index (χ0v) is 49.7. The number of hydrogen-bond donors (Lipinski definition) is 19. The third-order valence-corrected chi connectivity index (χ3v) is 13.9. The molecule has 33 heteroatoms. The first-order valence-electron chi connectivity index (χ1n) is 28.8. The quantitative estimate of drug-likeness (QED) is 0.0138. The van der Waals surface area contributed by atoms with Gasteiger partial charge in [-0.05, 0) is 72.0 Å². The number of halogens is 1. The number of aliphatic hydroxyl groups is 5. The molecule has 490 valence electrons. The lowest BCUT2D eigenvalue weighted by atomic mass is 10.0. The van der Waals surface area contributed by atoms with Crippen LogP contribution in [0.4, 0.5) is 0 Å². The third-order valence-electron chi connectivity index (χ3n) is 13.6. The molecule has 0 aromatic carbocycles. The fourth-order valence-corrected chi connectivity index (χ4v) is 8.76. The second-order valence-electron chi connectivity index (χ2n) is 20.7. The van der Waals surface area contributed by atoms with Crippen LogP contribution in [0.3, 0.4) is 0 Å². The average Bonchev–Trinajstić information content (AvgIpc) is 3.36. The number of esters is 1. The minimum Gasteiger partial charge on any atom is -0.481 e. The van der Waals surface area contributed by atoms with Crippen LogP contribution in [0.5, 0.6) is 0 Å². The number of unbranched alkanes of at least 4 members (excludes halogenated alkanes) is 10. The van der Waals surface area contributed by atoms with Crippen molar-refractivity contribution in [2.75, 3.05) is 32.1 Å². The number of nitrogens with one attached hydrogen (secondary N) is 9. The first-order chi connectivity index (χ1) is 40.7. The fourth-order valence-electron chi connectivity index (χ4n) is 8.58. The Labute approximate surface area is 503 Å². The van der Waals surface area contributed by atoms with Crippen LogP contribution in [0.2, 0.25) is 0 Å². The Bertz CT molecular complexity index is 2270. The van der Waals surface area contributed by atoms with Gasteiger partial charge in [-0.15, -0.1) is 11.6 Å². The van der Waals surface area contributed by atoms with Crippen molar-refractivity contribution in [3.8, 4) is 0 Å². The highest BCUT2D eigenvalue weighted by Crippen LogP contribution is 2.15. The smallest absolute Gasteiger partial charge is 0.335 e. The Balaban J connectivity index is 3.98. The maximum Gasteiger partial charge on any atom is 0.335 e. The SMILES string of the molecule is C/C=C1\NC(=O)[C@H]([C@H](C)O)NC(=O)[C@H](CCN)NC(=O)[C@H](CCCCN)NC(=O)[C@H](CC(=O)O)NC(=O)[C@@H](CCN)NC(=O)[C@@H](NC(=O)CC(O)C(O)CCCCCCCCCCCC)COC(=O)[C@H]([C@H](O)CCl)NC(=O)[C@H]([C@H](O)C(=O)O)NC1=O. The summed E-state index contributed by atoms with van der Waals surface area (Å²) in [5.74, 6) is -18.2. The van der Waals surface area contributed by atoms with Gasteiger partial charge in [0.05, 0.1) is 43.1 Å². The second kappa shape index (κ2) is 42.2.